The molecule has 0 aromatic rings. The lowest BCUT2D eigenvalue weighted by molar-refractivity contribution is -0.336. The zero-order chi connectivity index (χ0) is 63.2. The first kappa shape index (κ1) is 74.0. The molecule has 4 rings (SSSR count). The highest BCUT2D eigenvalue weighted by Crippen LogP contribution is 2.39. The Hall–Kier alpha value is -3.42. The predicted molar refractivity (Wildman–Crippen MR) is 312 cm³/mol. The first-order valence-corrected chi connectivity index (χ1v) is 30.2. The molecule has 24 heteroatoms. The summed E-state index contributed by atoms with van der Waals surface area (Å²) in [5.74, 6) is -8.31. The molecule has 0 aliphatic carbocycles. The van der Waals surface area contributed by atoms with Crippen molar-refractivity contribution in [1.29, 1.82) is 0 Å². The van der Waals surface area contributed by atoms with Crippen molar-refractivity contribution in [3.63, 3.8) is 0 Å². The first-order chi connectivity index (χ1) is 40.1. The standard InChI is InChI=1S/C61H103N3O21/c1-8-27-64(36-61(80)57(77)55(75)48(71)35-81-61)52-54(74)40(5)83-59(56(52)76)84-44-23-20-18-16-14-12-10-9-11-13-15-17-19-22-37(2)53(73)38(3)39(4)82-50(72)31-43(67)30-42(66)29-41(65)24-25-45(68)46(69)33-60(79)34-47(70)51(49(32-44)85-60)58(78)62-26-21-28-63(6)7/h9-10,12,14-20,22-23,37-49,51-57,59,65-71,73-77,79-80H,8,11,13,21,24-36H2,1-7H3,(H,62,78)/b10-9+,14-12+,17-15+,18-16+,22-19+,23-20+/t37-,38-,39-,40+,41+,42+,43+,44-,45+,46+,47-,48+,49-,51+,52-,53+,54+,55+,56-,57-,59+,60+,61+/m0/s1. The monoisotopic (exact) mass is 1210 g/mol. The molecule has 3 saturated heterocycles. The Kier molecular flexibility index (Phi) is 31.6. The van der Waals surface area contributed by atoms with E-state index in [0.29, 0.717) is 19.4 Å². The fourth-order valence-electron chi connectivity index (χ4n) is 11.2. The van der Waals surface area contributed by atoms with Crippen molar-refractivity contribution in [2.75, 3.05) is 46.9 Å². The van der Waals surface area contributed by atoms with Crippen molar-refractivity contribution in [1.82, 2.24) is 15.1 Å². The molecule has 488 valence electrons. The maximum Gasteiger partial charge on any atom is 0.308 e. The van der Waals surface area contributed by atoms with Crippen LogP contribution in [-0.4, -0.2) is 262 Å². The molecule has 0 aromatic heterocycles. The van der Waals surface area contributed by atoms with Crippen LogP contribution < -0.4 is 5.32 Å². The summed E-state index contributed by atoms with van der Waals surface area (Å²) in [6.45, 7) is 8.44. The number of esters is 1. The van der Waals surface area contributed by atoms with Gasteiger partial charge in [-0.3, -0.25) is 14.5 Å². The Bertz CT molecular complexity index is 2150. The normalized spacial score (nSPS) is 43.0. The average Bonchev–Trinajstić information content (AvgIpc) is 3.06. The van der Waals surface area contributed by atoms with Crippen molar-refractivity contribution in [2.24, 2.45) is 17.8 Å². The maximum absolute atomic E-state index is 14.2. The van der Waals surface area contributed by atoms with Crippen molar-refractivity contribution in [2.45, 2.75) is 233 Å². The van der Waals surface area contributed by atoms with E-state index < -0.39 is 178 Å². The van der Waals surface area contributed by atoms with Gasteiger partial charge in [-0.05, 0) is 92.4 Å². The number of carbonyl (C=O) groups excluding carboxylic acids is 2. The molecule has 15 N–H and O–H groups in total. The van der Waals surface area contributed by atoms with Gasteiger partial charge in [0.05, 0.1) is 98.7 Å². The second-order valence-corrected chi connectivity index (χ2v) is 24.0. The molecule has 2 bridgehead atoms. The van der Waals surface area contributed by atoms with Gasteiger partial charge in [0.1, 0.15) is 30.5 Å². The molecular formula is C61H103N3O21. The molecule has 4 heterocycles. The molecule has 0 aromatic carbocycles. The number of aliphatic hydroxyl groups is 14. The topological polar surface area (TPSA) is 382 Å². The summed E-state index contributed by atoms with van der Waals surface area (Å²) in [5, 5.41) is 159. The van der Waals surface area contributed by atoms with E-state index >= 15 is 0 Å². The second kappa shape index (κ2) is 36.3. The molecule has 4 aliphatic rings. The zero-order valence-electron chi connectivity index (χ0n) is 50.6. The SMILES string of the molecule is CCCN(C[C@@]1(O)OC[C@@H](O)[C@@H](O)[C@@H]1O)[C@@H]1[C@H](O)[C@@H](O[C@H]2/C=C/C=C/C=C/C=C/CC/C=C/C=C/[C@H](C)[C@@H](O)[C@@H](C)[C@H](C)OC(=O)C[C@H](O)C[C@H](O)C[C@H](O)CC[C@@H](O)[C@H](O)C[C@]3(O)C[C@H](O)[C@@H](C(=O)NCCCN(C)C)[C@H](C2)O3)O[C@H](C)[C@H]1O. The lowest BCUT2D eigenvalue weighted by atomic mass is 9.82. The van der Waals surface area contributed by atoms with Crippen LogP contribution in [-0.2, 0) is 33.3 Å². The van der Waals surface area contributed by atoms with Gasteiger partial charge in [0.15, 0.2) is 12.1 Å². The summed E-state index contributed by atoms with van der Waals surface area (Å²) >= 11 is 0. The van der Waals surface area contributed by atoms with E-state index in [1.165, 1.54) is 11.8 Å². The largest absolute Gasteiger partial charge is 0.462 e. The van der Waals surface area contributed by atoms with Crippen molar-refractivity contribution >= 4 is 11.9 Å². The van der Waals surface area contributed by atoms with Crippen LogP contribution in [0.4, 0.5) is 0 Å². The number of hydrogen-bond donors (Lipinski definition) is 15. The number of hydrogen-bond acceptors (Lipinski definition) is 23. The second-order valence-electron chi connectivity index (χ2n) is 24.0. The minimum atomic E-state index is -2.45. The van der Waals surface area contributed by atoms with Gasteiger partial charge in [0, 0.05) is 37.6 Å². The molecular weight excluding hydrogens is 1110 g/mol. The number of cyclic esters (lactones) is 1. The zero-order valence-corrected chi connectivity index (χ0v) is 50.6. The molecule has 0 spiro atoms. The van der Waals surface area contributed by atoms with Gasteiger partial charge < -0.3 is 105 Å². The molecule has 23 atom stereocenters. The summed E-state index contributed by atoms with van der Waals surface area (Å²) in [5.41, 5.74) is 0. The molecule has 24 nitrogen and oxygen atoms in total. The third kappa shape index (κ3) is 23.8. The van der Waals surface area contributed by atoms with Gasteiger partial charge in [-0.1, -0.05) is 93.7 Å². The summed E-state index contributed by atoms with van der Waals surface area (Å²) in [4.78, 5) is 30.3. The van der Waals surface area contributed by atoms with Gasteiger partial charge >= 0.3 is 5.97 Å². The lowest BCUT2D eigenvalue weighted by Gasteiger charge is -2.50. The highest BCUT2D eigenvalue weighted by Gasteiger charge is 2.54. The minimum absolute atomic E-state index is 0.110. The summed E-state index contributed by atoms with van der Waals surface area (Å²) in [6, 6.07) is -1.27. The van der Waals surface area contributed by atoms with Gasteiger partial charge in [0.2, 0.25) is 11.7 Å². The van der Waals surface area contributed by atoms with E-state index in [9.17, 15) is 81.1 Å². The van der Waals surface area contributed by atoms with Crippen LogP contribution in [0, 0.1) is 17.8 Å². The average molecular weight is 1210 g/mol. The number of ether oxygens (including phenoxy) is 5. The number of fused-ring (bicyclic) bond motifs is 2. The fraction of sp³-hybridized carbons (Fsp3) is 0.770. The van der Waals surface area contributed by atoms with Gasteiger partial charge in [-0.2, -0.15) is 0 Å². The van der Waals surface area contributed by atoms with Gasteiger partial charge in [0.25, 0.3) is 0 Å². The number of carbonyl (C=O) groups is 2. The molecule has 0 saturated carbocycles. The van der Waals surface area contributed by atoms with E-state index in [1.54, 1.807) is 51.2 Å². The minimum Gasteiger partial charge on any atom is -0.462 e. The fourth-order valence-corrected chi connectivity index (χ4v) is 11.2. The third-order valence-electron chi connectivity index (χ3n) is 16.3. The van der Waals surface area contributed by atoms with Crippen LogP contribution in [0.3, 0.4) is 0 Å². The van der Waals surface area contributed by atoms with E-state index in [0.717, 1.165) is 12.8 Å². The maximum atomic E-state index is 14.2. The third-order valence-corrected chi connectivity index (χ3v) is 16.3. The van der Waals surface area contributed by atoms with Crippen LogP contribution in [0.5, 0.6) is 0 Å². The number of aliphatic hydroxyl groups excluding tert-OH is 12. The van der Waals surface area contributed by atoms with Gasteiger partial charge in [-0.15, -0.1) is 0 Å². The number of allylic oxidation sites excluding steroid dienone is 10. The lowest BCUT2D eigenvalue weighted by Crippen LogP contribution is -2.69. The van der Waals surface area contributed by atoms with Crippen LogP contribution >= 0.6 is 0 Å². The summed E-state index contributed by atoms with van der Waals surface area (Å²) < 4.78 is 30.0. The predicted octanol–water partition coefficient (Wildman–Crippen LogP) is -0.526. The quantitative estimate of drug-likeness (QED) is 0.0863. The molecule has 3 fully saturated rings. The van der Waals surface area contributed by atoms with E-state index in [1.807, 2.05) is 68.5 Å². The van der Waals surface area contributed by atoms with E-state index in [2.05, 4.69) is 5.32 Å². The van der Waals surface area contributed by atoms with Crippen LogP contribution in [0.25, 0.3) is 0 Å². The highest BCUT2D eigenvalue weighted by molar-refractivity contribution is 5.80. The number of amides is 1. The molecule has 0 unspecified atom stereocenters. The van der Waals surface area contributed by atoms with Crippen LogP contribution in [0.1, 0.15) is 112 Å². The van der Waals surface area contributed by atoms with Crippen molar-refractivity contribution in [3.8, 4) is 0 Å². The van der Waals surface area contributed by atoms with Crippen LogP contribution in [0.15, 0.2) is 72.9 Å². The van der Waals surface area contributed by atoms with Gasteiger partial charge in [-0.25, -0.2) is 0 Å². The Balaban J connectivity index is 1.69. The molecule has 1 amide bonds. The van der Waals surface area contributed by atoms with E-state index in [4.69, 9.17) is 23.7 Å². The summed E-state index contributed by atoms with van der Waals surface area (Å²) in [6.07, 6.45) is -3.02. The van der Waals surface area contributed by atoms with Crippen molar-refractivity contribution < 1.29 is 105 Å². The molecule has 4 aliphatic heterocycles. The highest BCUT2D eigenvalue weighted by atomic mass is 16.7. The van der Waals surface area contributed by atoms with E-state index in [-0.39, 0.29) is 51.1 Å². The van der Waals surface area contributed by atoms with Crippen LogP contribution in [0.2, 0.25) is 0 Å². The Morgan fingerprint density at radius 3 is 1.99 bits per heavy atom. The Labute approximate surface area is 501 Å². The molecule has 85 heavy (non-hydrogen) atoms. The number of nitrogens with zero attached hydrogens (tertiary/aromatic N) is 2. The Morgan fingerprint density at radius 2 is 1.32 bits per heavy atom. The first-order valence-electron chi connectivity index (χ1n) is 30.2. The smallest absolute Gasteiger partial charge is 0.308 e. The molecule has 0 radical (unpaired) electrons. The number of nitrogens with one attached hydrogen (secondary N) is 1. The van der Waals surface area contributed by atoms with Crippen molar-refractivity contribution in [3.05, 3.63) is 72.9 Å². The Morgan fingerprint density at radius 1 is 0.694 bits per heavy atom. The summed E-state index contributed by atoms with van der Waals surface area (Å²) in [7, 11) is 3.74. The number of rotatable bonds is 12.